The van der Waals surface area contributed by atoms with Crippen molar-refractivity contribution in [3.05, 3.63) is 47.3 Å². The molecule has 1 atom stereocenters. The molecule has 1 aromatic carbocycles. The van der Waals surface area contributed by atoms with Gasteiger partial charge in [-0.25, -0.2) is 4.79 Å². The molecule has 0 bridgehead atoms. The molecule has 108 valence electrons. The van der Waals surface area contributed by atoms with Gasteiger partial charge in [-0.3, -0.25) is 3.93 Å². The van der Waals surface area contributed by atoms with Crippen molar-refractivity contribution in [1.29, 1.82) is 0 Å². The Kier molecular flexibility index (Phi) is 3.94. The van der Waals surface area contributed by atoms with E-state index in [1.54, 1.807) is 12.1 Å². The van der Waals surface area contributed by atoms with Gasteiger partial charge in [-0.05, 0) is 17.7 Å². The van der Waals surface area contributed by atoms with Gasteiger partial charge in [0, 0.05) is 6.20 Å². The lowest BCUT2D eigenvalue weighted by atomic mass is 10.1. The van der Waals surface area contributed by atoms with Gasteiger partial charge in [-0.2, -0.15) is 13.2 Å². The van der Waals surface area contributed by atoms with Crippen LogP contribution in [0.4, 0.5) is 13.2 Å². The second-order valence-electron chi connectivity index (χ2n) is 4.02. The van der Waals surface area contributed by atoms with Crippen LogP contribution in [-0.2, 0) is 4.74 Å². The van der Waals surface area contributed by atoms with Crippen LogP contribution in [0.25, 0.3) is 0 Å². The molecule has 0 amide bonds. The summed E-state index contributed by atoms with van der Waals surface area (Å²) in [6.45, 7) is 0. The highest BCUT2D eigenvalue weighted by Gasteiger charge is 2.43. The van der Waals surface area contributed by atoms with Crippen LogP contribution in [0.2, 0.25) is 0 Å². The number of esters is 1. The molecule has 0 saturated heterocycles. The average Bonchev–Trinajstić information content (AvgIpc) is 2.80. The number of hydrogen-bond acceptors (Lipinski definition) is 4. The lowest BCUT2D eigenvalue weighted by Gasteiger charge is -2.23. The number of rotatable bonds is 2. The van der Waals surface area contributed by atoms with Crippen molar-refractivity contribution < 1.29 is 22.7 Å². The van der Waals surface area contributed by atoms with E-state index in [1.807, 2.05) is 0 Å². The van der Waals surface area contributed by atoms with Gasteiger partial charge in [-0.1, -0.05) is 12.1 Å². The van der Waals surface area contributed by atoms with Crippen LogP contribution in [0, 0.1) is 0 Å². The van der Waals surface area contributed by atoms with Crippen LogP contribution >= 0.6 is 16.1 Å². The minimum absolute atomic E-state index is 0.333. The first-order valence-electron chi connectivity index (χ1n) is 5.51. The summed E-state index contributed by atoms with van der Waals surface area (Å²) in [5.41, 5.74) is 0.0870. The monoisotopic (exact) mass is 350 g/mol. The maximum atomic E-state index is 12.7. The molecule has 0 aliphatic carbocycles. The van der Waals surface area contributed by atoms with E-state index in [0.29, 0.717) is 11.1 Å². The number of methoxy groups -OCH3 is 1. The van der Waals surface area contributed by atoms with E-state index in [9.17, 15) is 18.0 Å². The maximum Gasteiger partial charge on any atom is 0.433 e. The smallest absolute Gasteiger partial charge is 0.433 e. The molecular weight excluding hydrogens is 341 g/mol. The van der Waals surface area contributed by atoms with Crippen LogP contribution in [0.5, 0.6) is 0 Å². The summed E-state index contributed by atoms with van der Waals surface area (Å²) in [7, 11) is 1.26. The Morgan fingerprint density at radius 1 is 1.35 bits per heavy atom. The van der Waals surface area contributed by atoms with Crippen molar-refractivity contribution in [2.24, 2.45) is 0 Å². The van der Waals surface area contributed by atoms with Crippen molar-refractivity contribution in [2.75, 3.05) is 7.11 Å². The molecule has 1 aromatic rings. The van der Waals surface area contributed by atoms with Gasteiger partial charge in [0.15, 0.2) is 0 Å². The average molecular weight is 351 g/mol. The number of allylic oxidation sites excluding steroid dienone is 1. The first kappa shape index (κ1) is 14.7. The fourth-order valence-electron chi connectivity index (χ4n) is 1.77. The fourth-order valence-corrected chi connectivity index (χ4v) is 2.43. The maximum absolute atomic E-state index is 12.7. The van der Waals surface area contributed by atoms with Crippen LogP contribution in [0.15, 0.2) is 36.2 Å². The zero-order valence-corrected chi connectivity index (χ0v) is 11.8. The number of ether oxygens (including phenoxy) is 1. The molecule has 8 heteroatoms. The lowest BCUT2D eigenvalue weighted by Crippen LogP contribution is -2.26. The molecule has 4 nitrogen and oxygen atoms in total. The van der Waals surface area contributed by atoms with Gasteiger partial charge >= 0.3 is 12.1 Å². The molecule has 1 N–H and O–H groups in total. The predicted molar refractivity (Wildman–Crippen MR) is 68.6 cm³/mol. The molecular formula is C12H10BrF3N2O2. The van der Waals surface area contributed by atoms with Crippen molar-refractivity contribution >= 4 is 22.1 Å². The van der Waals surface area contributed by atoms with Crippen LogP contribution in [0.3, 0.4) is 0 Å². The summed E-state index contributed by atoms with van der Waals surface area (Å²) < 4.78 is 43.5. The van der Waals surface area contributed by atoms with E-state index >= 15 is 0 Å². The van der Waals surface area contributed by atoms with E-state index in [4.69, 9.17) is 0 Å². The SMILES string of the molecule is COC(=O)c1ccc(C2NC=C(C(F)(F)F)N2Br)cc1. The first-order chi connectivity index (χ1) is 9.34. The number of nitrogens with zero attached hydrogens (tertiary/aromatic N) is 1. The van der Waals surface area contributed by atoms with Crippen molar-refractivity contribution in [1.82, 2.24) is 9.24 Å². The Labute approximate surface area is 121 Å². The lowest BCUT2D eigenvalue weighted by molar-refractivity contribution is -0.103. The van der Waals surface area contributed by atoms with E-state index in [1.165, 1.54) is 19.2 Å². The van der Waals surface area contributed by atoms with Gasteiger partial charge in [-0.15, -0.1) is 0 Å². The topological polar surface area (TPSA) is 41.6 Å². The Morgan fingerprint density at radius 2 is 1.95 bits per heavy atom. The third-order valence-corrected chi connectivity index (χ3v) is 3.56. The fraction of sp³-hybridized carbons (Fsp3) is 0.250. The zero-order chi connectivity index (χ0) is 14.9. The molecule has 0 radical (unpaired) electrons. The third kappa shape index (κ3) is 2.74. The molecule has 1 unspecified atom stereocenters. The molecule has 1 heterocycles. The third-order valence-electron chi connectivity index (χ3n) is 2.77. The molecule has 0 fully saturated rings. The van der Waals surface area contributed by atoms with Crippen LogP contribution in [0.1, 0.15) is 22.1 Å². The number of benzene rings is 1. The molecule has 1 aliphatic heterocycles. The Morgan fingerprint density at radius 3 is 2.40 bits per heavy atom. The standard InChI is InChI=1S/C12H10BrF3N2O2/c1-20-11(19)8-4-2-7(3-5-8)10-17-6-9(18(10)13)12(14,15)16/h2-6,10,17H,1H3. The number of alkyl halides is 3. The van der Waals surface area contributed by atoms with Crippen LogP contribution < -0.4 is 5.32 Å². The molecule has 0 saturated carbocycles. The van der Waals surface area contributed by atoms with Crippen molar-refractivity contribution in [3.8, 4) is 0 Å². The largest absolute Gasteiger partial charge is 0.465 e. The highest BCUT2D eigenvalue weighted by molar-refractivity contribution is 9.07. The normalized spacial score (nSPS) is 18.6. The Bertz CT molecular complexity index is 543. The molecule has 0 aromatic heterocycles. The summed E-state index contributed by atoms with van der Waals surface area (Å²) in [6, 6.07) is 6.11. The highest BCUT2D eigenvalue weighted by Crippen LogP contribution is 2.39. The summed E-state index contributed by atoms with van der Waals surface area (Å²) in [5.74, 6) is -0.499. The van der Waals surface area contributed by atoms with E-state index < -0.39 is 24.0 Å². The van der Waals surface area contributed by atoms with Crippen molar-refractivity contribution in [2.45, 2.75) is 12.3 Å². The molecule has 2 rings (SSSR count). The Hall–Kier alpha value is -1.70. The summed E-state index contributed by atoms with van der Waals surface area (Å²) in [6.07, 6.45) is -4.25. The molecule has 0 spiro atoms. The van der Waals surface area contributed by atoms with E-state index in [2.05, 4.69) is 26.2 Å². The van der Waals surface area contributed by atoms with E-state index in [-0.39, 0.29) is 0 Å². The van der Waals surface area contributed by atoms with Crippen LogP contribution in [-0.4, -0.2) is 23.2 Å². The van der Waals surface area contributed by atoms with Gasteiger partial charge in [0.05, 0.1) is 28.8 Å². The van der Waals surface area contributed by atoms with Crippen molar-refractivity contribution in [3.63, 3.8) is 0 Å². The predicted octanol–water partition coefficient (Wildman–Crippen LogP) is 3.09. The zero-order valence-electron chi connectivity index (χ0n) is 10.2. The van der Waals surface area contributed by atoms with E-state index in [0.717, 1.165) is 10.1 Å². The minimum Gasteiger partial charge on any atom is -0.465 e. The number of halogens is 4. The second kappa shape index (κ2) is 5.35. The molecule has 1 aliphatic rings. The first-order valence-corrected chi connectivity index (χ1v) is 6.22. The number of carbonyl (C=O) groups excluding carboxylic acids is 1. The van der Waals surface area contributed by atoms with Gasteiger partial charge in [0.1, 0.15) is 11.9 Å². The number of carbonyl (C=O) groups is 1. The van der Waals surface area contributed by atoms with Gasteiger partial charge in [0.25, 0.3) is 0 Å². The Balaban J connectivity index is 2.17. The number of hydrogen-bond donors (Lipinski definition) is 1. The van der Waals surface area contributed by atoms with Gasteiger partial charge in [0.2, 0.25) is 0 Å². The summed E-state index contributed by atoms with van der Waals surface area (Å²) in [4.78, 5) is 11.3. The van der Waals surface area contributed by atoms with Gasteiger partial charge < -0.3 is 10.1 Å². The summed E-state index contributed by atoms with van der Waals surface area (Å²) >= 11 is 2.90. The minimum atomic E-state index is -4.45. The summed E-state index contributed by atoms with van der Waals surface area (Å²) in [5, 5.41) is 2.62. The number of nitrogens with one attached hydrogen (secondary N) is 1. The second-order valence-corrected chi connectivity index (χ2v) is 4.79. The highest BCUT2D eigenvalue weighted by atomic mass is 79.9. The quantitative estimate of drug-likeness (QED) is 0.657. The molecule has 20 heavy (non-hydrogen) atoms.